The molecule has 0 aliphatic carbocycles. The number of rotatable bonds is 5. The van der Waals surface area contributed by atoms with Crippen LogP contribution in [0.4, 0.5) is 13.2 Å². The number of benzene rings is 1. The van der Waals surface area contributed by atoms with Gasteiger partial charge in [-0.25, -0.2) is 0 Å². The molecular weight excluding hydrogens is 245 g/mol. The lowest BCUT2D eigenvalue weighted by atomic mass is 10.2. The molecule has 0 unspecified atom stereocenters. The Morgan fingerprint density at radius 3 is 2.06 bits per heavy atom. The smallest absolute Gasteiger partial charge is 0.344 e. The third-order valence-corrected chi connectivity index (χ3v) is 1.75. The van der Waals surface area contributed by atoms with E-state index >= 15 is 0 Å². The van der Waals surface area contributed by atoms with Crippen molar-refractivity contribution in [2.24, 2.45) is 0 Å². The molecule has 1 rings (SSSR count). The average Bonchev–Trinajstić information content (AvgIpc) is 2.40. The highest BCUT2D eigenvalue weighted by Gasteiger charge is 2.07. The van der Waals surface area contributed by atoms with Crippen LogP contribution in [-0.2, 0) is 11.3 Å². The summed E-state index contributed by atoms with van der Waals surface area (Å²) in [6, 6.07) is 4.16. The first-order chi connectivity index (χ1) is 8.63. The van der Waals surface area contributed by atoms with Crippen molar-refractivity contribution in [1.29, 1.82) is 0 Å². The average molecular weight is 262 g/mol. The molecule has 0 aromatic heterocycles. The van der Waals surface area contributed by atoms with Gasteiger partial charge in [-0.15, -0.1) is 0 Å². The van der Waals surface area contributed by atoms with Crippen molar-refractivity contribution < 1.29 is 22.6 Å². The van der Waals surface area contributed by atoms with Crippen LogP contribution in [0.5, 0.6) is 5.75 Å². The first-order valence-electron chi connectivity index (χ1n) is 5.68. The Hall–Kier alpha value is -1.49. The SMILES string of the molecule is CC.CCOCc1ccc(OC(F)=C(F)F)cc1. The van der Waals surface area contributed by atoms with Crippen LogP contribution in [0.15, 0.2) is 36.4 Å². The number of hydrogen-bond donors (Lipinski definition) is 0. The van der Waals surface area contributed by atoms with Crippen molar-refractivity contribution >= 4 is 0 Å². The molecule has 0 radical (unpaired) electrons. The zero-order valence-electron chi connectivity index (χ0n) is 10.7. The van der Waals surface area contributed by atoms with Gasteiger partial charge in [-0.3, -0.25) is 0 Å². The molecule has 1 aromatic rings. The molecule has 0 bridgehead atoms. The Balaban J connectivity index is 0.00000137. The molecule has 2 nitrogen and oxygen atoms in total. The first-order valence-corrected chi connectivity index (χ1v) is 5.68. The lowest BCUT2D eigenvalue weighted by molar-refractivity contribution is 0.134. The lowest BCUT2D eigenvalue weighted by Crippen LogP contribution is -1.93. The maximum atomic E-state index is 12.4. The molecule has 0 aliphatic heterocycles. The molecule has 0 spiro atoms. The van der Waals surface area contributed by atoms with Crippen LogP contribution >= 0.6 is 0 Å². The fraction of sp³-hybridized carbons (Fsp3) is 0.385. The molecule has 102 valence electrons. The van der Waals surface area contributed by atoms with Gasteiger partial charge in [0.05, 0.1) is 6.61 Å². The van der Waals surface area contributed by atoms with Crippen molar-refractivity contribution in [2.45, 2.75) is 27.4 Å². The molecule has 0 amide bonds. The van der Waals surface area contributed by atoms with Crippen molar-refractivity contribution in [3.63, 3.8) is 0 Å². The van der Waals surface area contributed by atoms with Gasteiger partial charge in [0.25, 0.3) is 0 Å². The molecule has 18 heavy (non-hydrogen) atoms. The molecule has 0 N–H and O–H groups in total. The Morgan fingerprint density at radius 2 is 1.61 bits per heavy atom. The van der Waals surface area contributed by atoms with E-state index in [1.165, 1.54) is 12.1 Å². The fourth-order valence-corrected chi connectivity index (χ4v) is 1.02. The highest BCUT2D eigenvalue weighted by atomic mass is 19.3. The van der Waals surface area contributed by atoms with Crippen LogP contribution in [0.3, 0.4) is 0 Å². The Kier molecular flexibility index (Phi) is 8.74. The van der Waals surface area contributed by atoms with E-state index < -0.39 is 12.1 Å². The number of hydrogen-bond acceptors (Lipinski definition) is 2. The van der Waals surface area contributed by atoms with Crippen LogP contribution in [0.1, 0.15) is 26.3 Å². The second kappa shape index (κ2) is 9.53. The third kappa shape index (κ3) is 6.30. The standard InChI is InChI=1S/C11H11F3O2.C2H6/c1-2-15-7-8-3-5-9(6-4-8)16-11(14)10(12)13;1-2/h3-6H,2,7H2,1H3;1-2H3. The highest BCUT2D eigenvalue weighted by Crippen LogP contribution is 2.19. The largest absolute Gasteiger partial charge is 0.428 e. The van der Waals surface area contributed by atoms with Crippen LogP contribution in [0, 0.1) is 0 Å². The minimum atomic E-state index is -2.47. The molecular formula is C13H17F3O2. The summed E-state index contributed by atoms with van der Waals surface area (Å²) in [7, 11) is 0. The van der Waals surface area contributed by atoms with Gasteiger partial charge >= 0.3 is 12.1 Å². The van der Waals surface area contributed by atoms with Crippen molar-refractivity contribution in [3.8, 4) is 5.75 Å². The molecule has 1 aromatic carbocycles. The minimum absolute atomic E-state index is 0.0190. The van der Waals surface area contributed by atoms with E-state index in [1.807, 2.05) is 20.8 Å². The van der Waals surface area contributed by atoms with Gasteiger partial charge in [-0.1, -0.05) is 26.0 Å². The normalized spacial score (nSPS) is 9.22. The van der Waals surface area contributed by atoms with E-state index in [-0.39, 0.29) is 5.75 Å². The van der Waals surface area contributed by atoms with Gasteiger partial charge in [-0.05, 0) is 24.6 Å². The van der Waals surface area contributed by atoms with Gasteiger partial charge in [0.2, 0.25) is 0 Å². The summed E-state index contributed by atoms with van der Waals surface area (Å²) in [5.74, 6) is 0.0190. The van der Waals surface area contributed by atoms with Crippen LogP contribution < -0.4 is 4.74 Å². The number of ether oxygens (including phenoxy) is 2. The summed E-state index contributed by atoms with van der Waals surface area (Å²) >= 11 is 0. The van der Waals surface area contributed by atoms with Gasteiger partial charge in [-0.2, -0.15) is 13.2 Å². The molecule has 0 aliphatic rings. The van der Waals surface area contributed by atoms with Crippen LogP contribution in [0.2, 0.25) is 0 Å². The quantitative estimate of drug-likeness (QED) is 0.718. The maximum absolute atomic E-state index is 12.4. The van der Waals surface area contributed by atoms with Crippen molar-refractivity contribution in [1.82, 2.24) is 0 Å². The number of halogens is 3. The summed E-state index contributed by atoms with van der Waals surface area (Å²) in [5.41, 5.74) is 0.860. The maximum Gasteiger partial charge on any atom is 0.344 e. The van der Waals surface area contributed by atoms with Gasteiger partial charge in [0.1, 0.15) is 5.75 Å². The fourth-order valence-electron chi connectivity index (χ4n) is 1.02. The van der Waals surface area contributed by atoms with Gasteiger partial charge in [0, 0.05) is 6.61 Å². The predicted molar refractivity (Wildman–Crippen MR) is 64.1 cm³/mol. The second-order valence-electron chi connectivity index (χ2n) is 2.92. The van der Waals surface area contributed by atoms with E-state index in [0.717, 1.165) is 5.56 Å². The Labute approximate surface area is 105 Å². The summed E-state index contributed by atoms with van der Waals surface area (Å²) < 4.78 is 45.2. The van der Waals surface area contributed by atoms with E-state index in [0.29, 0.717) is 13.2 Å². The second-order valence-corrected chi connectivity index (χ2v) is 2.92. The molecule has 0 heterocycles. The van der Waals surface area contributed by atoms with Gasteiger partial charge in [0.15, 0.2) is 0 Å². The van der Waals surface area contributed by atoms with Crippen LogP contribution in [0.25, 0.3) is 0 Å². The Bertz CT molecular complexity index is 357. The summed E-state index contributed by atoms with van der Waals surface area (Å²) in [6.07, 6.45) is -2.47. The topological polar surface area (TPSA) is 18.5 Å². The molecule has 0 saturated heterocycles. The zero-order chi connectivity index (χ0) is 14.0. The zero-order valence-corrected chi connectivity index (χ0v) is 10.7. The summed E-state index contributed by atoms with van der Waals surface area (Å²) in [6.45, 7) is 6.87. The third-order valence-electron chi connectivity index (χ3n) is 1.75. The molecule has 0 atom stereocenters. The predicted octanol–water partition coefficient (Wildman–Crippen LogP) is 4.66. The Morgan fingerprint density at radius 1 is 1.06 bits per heavy atom. The monoisotopic (exact) mass is 262 g/mol. The molecule has 5 heteroatoms. The van der Waals surface area contributed by atoms with Crippen molar-refractivity contribution in [2.75, 3.05) is 6.61 Å². The highest BCUT2D eigenvalue weighted by molar-refractivity contribution is 5.27. The van der Waals surface area contributed by atoms with Gasteiger partial charge < -0.3 is 9.47 Å². The first kappa shape index (κ1) is 16.5. The van der Waals surface area contributed by atoms with E-state index in [2.05, 4.69) is 4.74 Å². The van der Waals surface area contributed by atoms with Crippen molar-refractivity contribution in [3.05, 3.63) is 41.9 Å². The summed E-state index contributed by atoms with van der Waals surface area (Å²) in [4.78, 5) is 0. The summed E-state index contributed by atoms with van der Waals surface area (Å²) in [5, 5.41) is 0. The van der Waals surface area contributed by atoms with Crippen LogP contribution in [-0.4, -0.2) is 6.61 Å². The van der Waals surface area contributed by atoms with E-state index in [9.17, 15) is 13.2 Å². The van der Waals surface area contributed by atoms with E-state index in [4.69, 9.17) is 4.74 Å². The minimum Gasteiger partial charge on any atom is -0.428 e. The molecule has 0 saturated carbocycles. The molecule has 0 fully saturated rings. The van der Waals surface area contributed by atoms with E-state index in [1.54, 1.807) is 12.1 Å². The lowest BCUT2D eigenvalue weighted by Gasteiger charge is -2.04.